The van der Waals surface area contributed by atoms with Gasteiger partial charge in [0.05, 0.1) is 23.8 Å². The van der Waals surface area contributed by atoms with Gasteiger partial charge in [-0.25, -0.2) is 19.8 Å². The van der Waals surface area contributed by atoms with Crippen LogP contribution >= 0.6 is 23.2 Å². The first-order valence-electron chi connectivity index (χ1n) is 8.71. The van der Waals surface area contributed by atoms with Gasteiger partial charge >= 0.3 is 6.09 Å². The average molecular weight is 431 g/mol. The summed E-state index contributed by atoms with van der Waals surface area (Å²) in [5.74, 6) is 0.249. The number of amides is 1. The molecule has 1 aromatic rings. The molecule has 1 aromatic carbocycles. The van der Waals surface area contributed by atoms with Gasteiger partial charge in [-0.3, -0.25) is 0 Å². The fourth-order valence-electron chi connectivity index (χ4n) is 3.42. The predicted molar refractivity (Wildman–Crippen MR) is 103 cm³/mol. The molecule has 0 aliphatic carbocycles. The topological polar surface area (TPSA) is 97.5 Å². The number of hydrogen-bond donors (Lipinski definition) is 0. The molecule has 0 aromatic heterocycles. The van der Waals surface area contributed by atoms with Crippen LogP contribution in [0, 0.1) is 16.0 Å². The van der Waals surface area contributed by atoms with Crippen molar-refractivity contribution in [2.75, 3.05) is 26.2 Å². The SMILES string of the molecule is CC1(C)CC(CN2CCN(C(=O)Oc3ccc(Cl)cc3Cl)C2=N[N+](=O)[O-])CO1. The van der Waals surface area contributed by atoms with Crippen LogP contribution in [0.4, 0.5) is 4.79 Å². The molecule has 2 aliphatic rings. The molecule has 1 amide bonds. The van der Waals surface area contributed by atoms with Crippen LogP contribution in [0.1, 0.15) is 20.3 Å². The Morgan fingerprint density at radius 3 is 2.79 bits per heavy atom. The minimum atomic E-state index is -0.821. The van der Waals surface area contributed by atoms with Crippen molar-refractivity contribution in [3.63, 3.8) is 0 Å². The van der Waals surface area contributed by atoms with E-state index in [-0.39, 0.29) is 34.8 Å². The second kappa shape index (κ2) is 8.10. The van der Waals surface area contributed by atoms with E-state index in [1.165, 1.54) is 18.2 Å². The molecule has 0 N–H and O–H groups in total. The van der Waals surface area contributed by atoms with Crippen LogP contribution in [0.25, 0.3) is 0 Å². The summed E-state index contributed by atoms with van der Waals surface area (Å²) in [5, 5.41) is 14.2. The Morgan fingerprint density at radius 1 is 1.43 bits per heavy atom. The van der Waals surface area contributed by atoms with E-state index in [1.54, 1.807) is 4.90 Å². The van der Waals surface area contributed by atoms with Gasteiger partial charge in [0.2, 0.25) is 0 Å². The van der Waals surface area contributed by atoms with Gasteiger partial charge in [0.15, 0.2) is 10.8 Å². The standard InChI is InChI=1S/C17H20Cl2N4O5/c1-17(2)8-11(10-27-17)9-21-5-6-22(15(21)20-23(25)26)16(24)28-14-4-3-12(18)7-13(14)19/h3-4,7,11H,5-6,8-10H2,1-2H3. The van der Waals surface area contributed by atoms with E-state index in [1.807, 2.05) is 13.8 Å². The van der Waals surface area contributed by atoms with Gasteiger partial charge in [0, 0.05) is 24.0 Å². The van der Waals surface area contributed by atoms with Crippen LogP contribution in [0.2, 0.25) is 10.0 Å². The predicted octanol–water partition coefficient (Wildman–Crippen LogP) is 3.47. The smallest absolute Gasteiger partial charge is 0.408 e. The Balaban J connectivity index is 1.73. The summed E-state index contributed by atoms with van der Waals surface area (Å²) in [6, 6.07) is 4.43. The van der Waals surface area contributed by atoms with Gasteiger partial charge in [0.1, 0.15) is 5.10 Å². The van der Waals surface area contributed by atoms with Crippen LogP contribution in [-0.2, 0) is 4.74 Å². The summed E-state index contributed by atoms with van der Waals surface area (Å²) in [6.45, 7) is 5.69. The number of hydrogen-bond acceptors (Lipinski definition) is 5. The molecule has 2 heterocycles. The highest BCUT2D eigenvalue weighted by Gasteiger charge is 2.39. The lowest BCUT2D eigenvalue weighted by Crippen LogP contribution is -2.41. The summed E-state index contributed by atoms with van der Waals surface area (Å²) in [4.78, 5) is 26.4. The van der Waals surface area contributed by atoms with Crippen LogP contribution in [0.15, 0.2) is 23.3 Å². The Hall–Kier alpha value is -2.10. The normalized spacial score (nSPS) is 22.7. The second-order valence-corrected chi connectivity index (χ2v) is 8.16. The third-order valence-corrected chi connectivity index (χ3v) is 5.10. The highest BCUT2D eigenvalue weighted by Crippen LogP contribution is 2.31. The summed E-state index contributed by atoms with van der Waals surface area (Å²) in [5.41, 5.74) is -0.227. The fraction of sp³-hybridized carbons (Fsp3) is 0.529. The first-order valence-corrected chi connectivity index (χ1v) is 9.46. The average Bonchev–Trinajstić information content (AvgIpc) is 3.13. The number of nitrogens with zero attached hydrogens (tertiary/aromatic N) is 4. The number of carbonyl (C=O) groups excluding carboxylic acids is 1. The van der Waals surface area contributed by atoms with E-state index in [0.717, 1.165) is 11.3 Å². The van der Waals surface area contributed by atoms with E-state index in [2.05, 4.69) is 5.10 Å². The molecule has 152 valence electrons. The van der Waals surface area contributed by atoms with Crippen molar-refractivity contribution in [1.29, 1.82) is 0 Å². The zero-order valence-electron chi connectivity index (χ0n) is 15.4. The van der Waals surface area contributed by atoms with Crippen LogP contribution in [0.3, 0.4) is 0 Å². The van der Waals surface area contributed by atoms with Crippen LogP contribution in [0.5, 0.6) is 5.75 Å². The lowest BCUT2D eigenvalue weighted by Gasteiger charge is -2.22. The van der Waals surface area contributed by atoms with Gasteiger partial charge < -0.3 is 14.4 Å². The number of ether oxygens (including phenoxy) is 2. The van der Waals surface area contributed by atoms with Gasteiger partial charge in [-0.1, -0.05) is 23.2 Å². The fourth-order valence-corrected chi connectivity index (χ4v) is 3.87. The summed E-state index contributed by atoms with van der Waals surface area (Å²) in [7, 11) is 0. The van der Waals surface area contributed by atoms with Crippen molar-refractivity contribution >= 4 is 35.3 Å². The quantitative estimate of drug-likeness (QED) is 0.535. The minimum Gasteiger partial charge on any atom is -0.408 e. The van der Waals surface area contributed by atoms with Crippen molar-refractivity contribution < 1.29 is 19.3 Å². The molecule has 0 bridgehead atoms. The first kappa shape index (κ1) is 20.6. The molecular weight excluding hydrogens is 411 g/mol. The highest BCUT2D eigenvalue weighted by molar-refractivity contribution is 6.35. The molecule has 0 radical (unpaired) electrons. The van der Waals surface area contributed by atoms with Crippen LogP contribution in [-0.4, -0.2) is 58.7 Å². The molecular formula is C17H20Cl2N4O5. The van der Waals surface area contributed by atoms with E-state index >= 15 is 0 Å². The molecule has 2 fully saturated rings. The van der Waals surface area contributed by atoms with Crippen molar-refractivity contribution in [2.45, 2.75) is 25.9 Å². The molecule has 0 saturated carbocycles. The third kappa shape index (κ3) is 4.84. The Bertz CT molecular complexity index is 817. The lowest BCUT2D eigenvalue weighted by atomic mass is 9.97. The van der Waals surface area contributed by atoms with E-state index in [9.17, 15) is 14.9 Å². The number of halogens is 2. The Kier molecular flexibility index (Phi) is 5.97. The second-order valence-electron chi connectivity index (χ2n) is 7.32. The first-order chi connectivity index (χ1) is 13.1. The number of rotatable bonds is 4. The summed E-state index contributed by atoms with van der Waals surface area (Å²) < 4.78 is 11.0. The number of nitro groups is 1. The molecule has 1 unspecified atom stereocenters. The molecule has 0 spiro atoms. The molecule has 11 heteroatoms. The van der Waals surface area contributed by atoms with E-state index in [0.29, 0.717) is 24.7 Å². The molecule has 3 rings (SSSR count). The molecule has 2 aliphatic heterocycles. The zero-order chi connectivity index (χ0) is 20.5. The molecule has 2 saturated heterocycles. The van der Waals surface area contributed by atoms with Gasteiger partial charge in [0.25, 0.3) is 5.96 Å². The molecule has 9 nitrogen and oxygen atoms in total. The monoisotopic (exact) mass is 430 g/mol. The largest absolute Gasteiger partial charge is 0.422 e. The number of hydrazone groups is 1. The number of guanidine groups is 1. The van der Waals surface area contributed by atoms with E-state index < -0.39 is 11.1 Å². The maximum Gasteiger partial charge on any atom is 0.422 e. The van der Waals surface area contributed by atoms with Gasteiger partial charge in [-0.05, 0) is 38.5 Å². The van der Waals surface area contributed by atoms with Crippen molar-refractivity contribution in [2.24, 2.45) is 11.0 Å². The molecule has 28 heavy (non-hydrogen) atoms. The Morgan fingerprint density at radius 2 is 2.18 bits per heavy atom. The minimum absolute atomic E-state index is 0.0511. The lowest BCUT2D eigenvalue weighted by molar-refractivity contribution is -0.486. The summed E-state index contributed by atoms with van der Waals surface area (Å²) in [6.07, 6.45) is 0.0235. The maximum atomic E-state index is 12.6. The van der Waals surface area contributed by atoms with Gasteiger partial charge in [-0.2, -0.15) is 0 Å². The number of carbonyl (C=O) groups is 1. The van der Waals surface area contributed by atoms with Crippen molar-refractivity contribution in [1.82, 2.24) is 9.80 Å². The van der Waals surface area contributed by atoms with Gasteiger partial charge in [-0.15, -0.1) is 0 Å². The van der Waals surface area contributed by atoms with E-state index in [4.69, 9.17) is 32.7 Å². The maximum absolute atomic E-state index is 12.6. The summed E-state index contributed by atoms with van der Waals surface area (Å²) >= 11 is 11.9. The zero-order valence-corrected chi connectivity index (χ0v) is 16.9. The van der Waals surface area contributed by atoms with Crippen molar-refractivity contribution in [3.8, 4) is 5.75 Å². The highest BCUT2D eigenvalue weighted by atomic mass is 35.5. The molecule has 1 atom stereocenters. The third-order valence-electron chi connectivity index (χ3n) is 4.57. The Labute approximate surface area is 171 Å². The van der Waals surface area contributed by atoms with Crippen LogP contribution < -0.4 is 4.74 Å². The van der Waals surface area contributed by atoms with Crippen molar-refractivity contribution in [3.05, 3.63) is 38.4 Å². The number of benzene rings is 1.